The van der Waals surface area contributed by atoms with E-state index in [9.17, 15) is 14.4 Å². The van der Waals surface area contributed by atoms with Gasteiger partial charge in [-0.25, -0.2) is 0 Å². The lowest BCUT2D eigenvalue weighted by Gasteiger charge is -2.45. The van der Waals surface area contributed by atoms with Gasteiger partial charge >= 0.3 is 0 Å². The van der Waals surface area contributed by atoms with Crippen molar-refractivity contribution in [1.29, 1.82) is 0 Å². The molecule has 2 aliphatic heterocycles. The lowest BCUT2D eigenvalue weighted by Crippen LogP contribution is -2.56. The summed E-state index contributed by atoms with van der Waals surface area (Å²) in [6.07, 6.45) is 2.74. The van der Waals surface area contributed by atoms with E-state index in [2.05, 4.69) is 10.2 Å². The van der Waals surface area contributed by atoms with Gasteiger partial charge in [-0.3, -0.25) is 19.3 Å². The van der Waals surface area contributed by atoms with E-state index in [0.29, 0.717) is 35.1 Å². The Morgan fingerprint density at radius 2 is 1.88 bits per heavy atom. The number of nitrogens with one attached hydrogen (secondary N) is 1. The first-order valence-electron chi connectivity index (χ1n) is 11.5. The number of hydrogen-bond donors (Lipinski definition) is 1. The third-order valence-corrected chi connectivity index (χ3v) is 6.57. The van der Waals surface area contributed by atoms with Crippen molar-refractivity contribution in [2.24, 2.45) is 0 Å². The first-order valence-corrected chi connectivity index (χ1v) is 11.9. The van der Waals surface area contributed by atoms with Crippen LogP contribution in [0.3, 0.4) is 0 Å². The van der Waals surface area contributed by atoms with Crippen LogP contribution in [-0.2, 0) is 9.59 Å². The smallest absolute Gasteiger partial charge is 0.253 e. The number of anilines is 3. The molecule has 174 valence electrons. The molecule has 4 rings (SSSR count). The molecular formula is C25H29ClN4O3. The highest BCUT2D eigenvalue weighted by molar-refractivity contribution is 6.30. The maximum atomic E-state index is 13.5. The van der Waals surface area contributed by atoms with Gasteiger partial charge in [0.05, 0.1) is 11.4 Å². The SMILES string of the molecule is CCN(CC)C(=O)c1ccc2c(c1)N(CC(=O)Nc1cccc(Cl)c1)C(=O)C1CCCCN21. The van der Waals surface area contributed by atoms with E-state index >= 15 is 0 Å². The van der Waals surface area contributed by atoms with E-state index in [4.69, 9.17) is 11.6 Å². The van der Waals surface area contributed by atoms with Gasteiger partial charge in [-0.15, -0.1) is 0 Å². The number of benzene rings is 2. The number of halogens is 1. The van der Waals surface area contributed by atoms with E-state index in [1.165, 1.54) is 4.90 Å². The molecule has 0 bridgehead atoms. The summed E-state index contributed by atoms with van der Waals surface area (Å²) in [5.41, 5.74) is 2.59. The van der Waals surface area contributed by atoms with Crippen molar-refractivity contribution in [3.63, 3.8) is 0 Å². The van der Waals surface area contributed by atoms with Gasteiger partial charge < -0.3 is 15.1 Å². The van der Waals surface area contributed by atoms with Gasteiger partial charge in [0.25, 0.3) is 5.91 Å². The van der Waals surface area contributed by atoms with Gasteiger partial charge in [0.1, 0.15) is 12.6 Å². The summed E-state index contributed by atoms with van der Waals surface area (Å²) in [6.45, 7) is 5.74. The van der Waals surface area contributed by atoms with Crippen LogP contribution in [0.1, 0.15) is 43.5 Å². The van der Waals surface area contributed by atoms with Gasteiger partial charge in [-0.1, -0.05) is 17.7 Å². The minimum atomic E-state index is -0.318. The highest BCUT2D eigenvalue weighted by atomic mass is 35.5. The quantitative estimate of drug-likeness (QED) is 0.690. The number of hydrogen-bond acceptors (Lipinski definition) is 4. The van der Waals surface area contributed by atoms with Crippen molar-refractivity contribution in [2.45, 2.75) is 39.2 Å². The zero-order chi connectivity index (χ0) is 23.5. The van der Waals surface area contributed by atoms with Gasteiger partial charge in [0.2, 0.25) is 11.8 Å². The number of piperidine rings is 1. The molecule has 2 aromatic carbocycles. The fourth-order valence-corrected chi connectivity index (χ4v) is 4.85. The molecule has 0 saturated carbocycles. The van der Waals surface area contributed by atoms with Crippen LogP contribution >= 0.6 is 11.6 Å². The van der Waals surface area contributed by atoms with Crippen LogP contribution in [0.25, 0.3) is 0 Å². The molecular weight excluding hydrogens is 440 g/mol. The van der Waals surface area contributed by atoms with Crippen LogP contribution < -0.4 is 15.1 Å². The van der Waals surface area contributed by atoms with Crippen molar-refractivity contribution < 1.29 is 14.4 Å². The van der Waals surface area contributed by atoms with E-state index in [1.54, 1.807) is 35.2 Å². The van der Waals surface area contributed by atoms with Gasteiger partial charge in [-0.05, 0) is 69.5 Å². The third kappa shape index (κ3) is 4.69. The van der Waals surface area contributed by atoms with E-state index < -0.39 is 0 Å². The Bertz CT molecular complexity index is 1070. The molecule has 1 fully saturated rings. The monoisotopic (exact) mass is 468 g/mol. The number of fused-ring (bicyclic) bond motifs is 3. The summed E-state index contributed by atoms with van der Waals surface area (Å²) < 4.78 is 0. The molecule has 0 spiro atoms. The van der Waals surface area contributed by atoms with Crippen LogP contribution in [0.4, 0.5) is 17.1 Å². The topological polar surface area (TPSA) is 73.0 Å². The molecule has 2 heterocycles. The standard InChI is InChI=1S/C25H29ClN4O3/c1-3-28(4-2)24(32)17-11-12-20-22(14-17)30(25(33)21-10-5-6-13-29(20)21)16-23(31)27-19-9-7-8-18(26)15-19/h7-9,11-12,14-15,21H,3-6,10,13,16H2,1-2H3,(H,27,31). The predicted molar refractivity (Wildman–Crippen MR) is 131 cm³/mol. The predicted octanol–water partition coefficient (Wildman–Crippen LogP) is 4.17. The lowest BCUT2D eigenvalue weighted by molar-refractivity contribution is -0.123. The molecule has 0 aliphatic carbocycles. The molecule has 2 aromatic rings. The summed E-state index contributed by atoms with van der Waals surface area (Å²) in [5, 5.41) is 3.34. The normalized spacial score (nSPS) is 17.3. The summed E-state index contributed by atoms with van der Waals surface area (Å²) in [6, 6.07) is 12.1. The van der Waals surface area contributed by atoms with Gasteiger partial charge in [-0.2, -0.15) is 0 Å². The summed E-state index contributed by atoms with van der Waals surface area (Å²) in [7, 11) is 0. The molecule has 1 N–H and O–H groups in total. The molecule has 0 aromatic heterocycles. The second kappa shape index (κ2) is 9.83. The molecule has 2 aliphatic rings. The summed E-state index contributed by atoms with van der Waals surface area (Å²) >= 11 is 6.03. The van der Waals surface area contributed by atoms with Crippen molar-refractivity contribution in [1.82, 2.24) is 4.90 Å². The molecule has 1 unspecified atom stereocenters. The fourth-order valence-electron chi connectivity index (χ4n) is 4.66. The minimum Gasteiger partial charge on any atom is -0.358 e. The maximum Gasteiger partial charge on any atom is 0.253 e. The van der Waals surface area contributed by atoms with Crippen molar-refractivity contribution in [3.8, 4) is 0 Å². The Balaban J connectivity index is 1.67. The van der Waals surface area contributed by atoms with Crippen LogP contribution in [0, 0.1) is 0 Å². The number of carbonyl (C=O) groups is 3. The van der Waals surface area contributed by atoms with Crippen molar-refractivity contribution in [3.05, 3.63) is 53.1 Å². The molecule has 7 nitrogen and oxygen atoms in total. The summed E-state index contributed by atoms with van der Waals surface area (Å²) in [5.74, 6) is -0.503. The van der Waals surface area contributed by atoms with Crippen LogP contribution in [0.5, 0.6) is 0 Å². The fraction of sp³-hybridized carbons (Fsp3) is 0.400. The first-order chi connectivity index (χ1) is 15.9. The average molecular weight is 469 g/mol. The molecule has 8 heteroatoms. The van der Waals surface area contributed by atoms with Crippen LogP contribution in [0.2, 0.25) is 5.02 Å². The molecule has 0 radical (unpaired) electrons. The Hall–Kier alpha value is -3.06. The van der Waals surface area contributed by atoms with E-state index in [0.717, 1.165) is 31.5 Å². The molecule has 1 saturated heterocycles. The zero-order valence-electron chi connectivity index (χ0n) is 19.0. The number of nitrogens with zero attached hydrogens (tertiary/aromatic N) is 3. The van der Waals surface area contributed by atoms with Crippen molar-refractivity contribution >= 4 is 46.4 Å². The Morgan fingerprint density at radius 3 is 2.61 bits per heavy atom. The number of amides is 3. The highest BCUT2D eigenvalue weighted by Crippen LogP contribution is 2.40. The Labute approximate surface area is 199 Å². The largest absolute Gasteiger partial charge is 0.358 e. The van der Waals surface area contributed by atoms with E-state index in [1.807, 2.05) is 26.0 Å². The lowest BCUT2D eigenvalue weighted by atomic mass is 9.95. The maximum absolute atomic E-state index is 13.5. The van der Waals surface area contributed by atoms with Gasteiger partial charge in [0.15, 0.2) is 0 Å². The number of rotatable bonds is 6. The van der Waals surface area contributed by atoms with E-state index in [-0.39, 0.29) is 30.3 Å². The van der Waals surface area contributed by atoms with Gasteiger partial charge in [0, 0.05) is 35.9 Å². The number of carbonyl (C=O) groups excluding carboxylic acids is 3. The first kappa shape index (κ1) is 23.1. The Kier molecular flexibility index (Phi) is 6.88. The van der Waals surface area contributed by atoms with Crippen LogP contribution in [-0.4, -0.2) is 54.8 Å². The summed E-state index contributed by atoms with van der Waals surface area (Å²) in [4.78, 5) is 44.7. The molecule has 1 atom stereocenters. The average Bonchev–Trinajstić information content (AvgIpc) is 2.82. The van der Waals surface area contributed by atoms with Crippen LogP contribution in [0.15, 0.2) is 42.5 Å². The zero-order valence-corrected chi connectivity index (χ0v) is 19.8. The second-order valence-corrected chi connectivity index (χ2v) is 8.81. The molecule has 3 amide bonds. The highest BCUT2D eigenvalue weighted by Gasteiger charge is 2.40. The third-order valence-electron chi connectivity index (χ3n) is 6.34. The van der Waals surface area contributed by atoms with Crippen molar-refractivity contribution in [2.75, 3.05) is 41.3 Å². The molecule has 33 heavy (non-hydrogen) atoms. The Morgan fingerprint density at radius 1 is 1.09 bits per heavy atom. The minimum absolute atomic E-state index is 0.0839. The second-order valence-electron chi connectivity index (χ2n) is 8.37.